The number of fused-ring (bicyclic) bond motifs is 1. The van der Waals surface area contributed by atoms with Gasteiger partial charge in [0.05, 0.1) is 16.5 Å². The molecule has 124 valence electrons. The zero-order valence-corrected chi connectivity index (χ0v) is 15.2. The minimum Gasteiger partial charge on any atom is -0.324 e. The summed E-state index contributed by atoms with van der Waals surface area (Å²) in [6.07, 6.45) is 0. The van der Waals surface area contributed by atoms with Crippen LogP contribution in [0.1, 0.15) is 11.4 Å². The van der Waals surface area contributed by atoms with E-state index in [9.17, 15) is 4.79 Å². The van der Waals surface area contributed by atoms with Gasteiger partial charge in [-0.05, 0) is 38.1 Å². The average Bonchev–Trinajstić information content (AvgIpc) is 2.92. The molecule has 6 nitrogen and oxygen atoms in total. The van der Waals surface area contributed by atoms with Crippen molar-refractivity contribution in [1.82, 2.24) is 19.6 Å². The van der Waals surface area contributed by atoms with E-state index in [0.717, 1.165) is 11.4 Å². The summed E-state index contributed by atoms with van der Waals surface area (Å²) in [4.78, 5) is 16.5. The lowest BCUT2D eigenvalue weighted by Crippen LogP contribution is -2.14. The summed E-state index contributed by atoms with van der Waals surface area (Å²) in [5.74, 6) is 0.476. The van der Waals surface area contributed by atoms with E-state index >= 15 is 0 Å². The fourth-order valence-corrected chi connectivity index (χ4v) is 3.33. The third kappa shape index (κ3) is 3.63. The van der Waals surface area contributed by atoms with Gasteiger partial charge in [0.1, 0.15) is 0 Å². The first-order valence-electron chi connectivity index (χ1n) is 7.01. The fourth-order valence-electron chi connectivity index (χ4n) is 2.20. The molecule has 0 radical (unpaired) electrons. The van der Waals surface area contributed by atoms with E-state index in [1.54, 1.807) is 18.2 Å². The molecule has 0 aliphatic rings. The van der Waals surface area contributed by atoms with Crippen LogP contribution in [0.25, 0.3) is 5.78 Å². The average molecular weight is 382 g/mol. The standard InChI is InChI=1S/C15H13Cl2N5OS/c1-8-5-9(2)22-14(18-8)20-21-15(22)24-7-13(23)19-12-6-10(16)3-4-11(12)17/h3-6H,7H2,1-2H3,(H,19,23). The van der Waals surface area contributed by atoms with Gasteiger partial charge in [-0.15, -0.1) is 10.2 Å². The highest BCUT2D eigenvalue weighted by molar-refractivity contribution is 7.99. The molecule has 2 heterocycles. The van der Waals surface area contributed by atoms with Crippen LogP contribution in [0.4, 0.5) is 5.69 Å². The van der Waals surface area contributed by atoms with Gasteiger partial charge < -0.3 is 5.32 Å². The lowest BCUT2D eigenvalue weighted by Gasteiger charge is -2.07. The Morgan fingerprint density at radius 1 is 1.25 bits per heavy atom. The zero-order chi connectivity index (χ0) is 17.3. The second kappa shape index (κ2) is 6.96. The van der Waals surface area contributed by atoms with Crippen LogP contribution in [0, 0.1) is 13.8 Å². The first-order valence-corrected chi connectivity index (χ1v) is 8.75. The molecule has 1 amide bonds. The number of carbonyl (C=O) groups excluding carboxylic acids is 1. The van der Waals surface area contributed by atoms with E-state index in [1.807, 2.05) is 24.3 Å². The first kappa shape index (κ1) is 17.0. The summed E-state index contributed by atoms with van der Waals surface area (Å²) in [6.45, 7) is 3.84. The van der Waals surface area contributed by atoms with Crippen molar-refractivity contribution >= 4 is 52.3 Å². The number of hydrogen-bond acceptors (Lipinski definition) is 5. The number of carbonyl (C=O) groups is 1. The number of benzene rings is 1. The second-order valence-electron chi connectivity index (χ2n) is 5.12. The van der Waals surface area contributed by atoms with Crippen molar-refractivity contribution < 1.29 is 4.79 Å². The van der Waals surface area contributed by atoms with Crippen molar-refractivity contribution in [2.24, 2.45) is 0 Å². The Labute approximate surface area is 152 Å². The molecule has 0 atom stereocenters. The number of hydrogen-bond donors (Lipinski definition) is 1. The number of nitrogens with zero attached hydrogens (tertiary/aromatic N) is 4. The van der Waals surface area contributed by atoms with E-state index < -0.39 is 0 Å². The highest BCUT2D eigenvalue weighted by Gasteiger charge is 2.13. The summed E-state index contributed by atoms with van der Waals surface area (Å²) in [7, 11) is 0. The van der Waals surface area contributed by atoms with Crippen LogP contribution in [0.5, 0.6) is 0 Å². The Balaban J connectivity index is 1.72. The van der Waals surface area contributed by atoms with Crippen molar-refractivity contribution in [2.75, 3.05) is 11.1 Å². The van der Waals surface area contributed by atoms with E-state index in [2.05, 4.69) is 20.5 Å². The zero-order valence-electron chi connectivity index (χ0n) is 12.9. The van der Waals surface area contributed by atoms with Crippen LogP contribution >= 0.6 is 35.0 Å². The van der Waals surface area contributed by atoms with Crippen LogP contribution in [0.15, 0.2) is 29.4 Å². The van der Waals surface area contributed by atoms with Gasteiger partial charge in [-0.25, -0.2) is 4.98 Å². The molecule has 3 aromatic rings. The monoisotopic (exact) mass is 381 g/mol. The van der Waals surface area contributed by atoms with Gasteiger partial charge in [0.15, 0.2) is 5.16 Å². The van der Waals surface area contributed by atoms with Crippen molar-refractivity contribution in [1.29, 1.82) is 0 Å². The highest BCUT2D eigenvalue weighted by atomic mass is 35.5. The Morgan fingerprint density at radius 3 is 2.83 bits per heavy atom. The molecule has 0 aliphatic heterocycles. The fraction of sp³-hybridized carbons (Fsp3) is 0.200. The number of nitrogens with one attached hydrogen (secondary N) is 1. The molecule has 1 N–H and O–H groups in total. The smallest absolute Gasteiger partial charge is 0.256 e. The van der Waals surface area contributed by atoms with Gasteiger partial charge in [0, 0.05) is 16.4 Å². The number of thioether (sulfide) groups is 1. The topological polar surface area (TPSA) is 72.2 Å². The Morgan fingerprint density at radius 2 is 2.04 bits per heavy atom. The van der Waals surface area contributed by atoms with E-state index in [0.29, 0.717) is 26.7 Å². The lowest BCUT2D eigenvalue weighted by molar-refractivity contribution is -0.113. The largest absolute Gasteiger partial charge is 0.324 e. The van der Waals surface area contributed by atoms with Crippen LogP contribution in [0.3, 0.4) is 0 Å². The van der Waals surface area contributed by atoms with E-state index in [1.165, 1.54) is 11.8 Å². The Hall–Kier alpha value is -1.83. The van der Waals surface area contributed by atoms with Gasteiger partial charge in [-0.1, -0.05) is 35.0 Å². The first-order chi connectivity index (χ1) is 11.4. The highest BCUT2D eigenvalue weighted by Crippen LogP contribution is 2.26. The maximum Gasteiger partial charge on any atom is 0.256 e. The number of aryl methyl sites for hydroxylation is 2. The quantitative estimate of drug-likeness (QED) is 0.696. The minimum absolute atomic E-state index is 0.164. The third-order valence-corrected chi connectivity index (χ3v) is 4.69. The van der Waals surface area contributed by atoms with Crippen LogP contribution in [0.2, 0.25) is 10.0 Å². The molecule has 1 aromatic carbocycles. The number of amides is 1. The second-order valence-corrected chi connectivity index (χ2v) is 6.90. The normalized spacial score (nSPS) is 11.0. The van der Waals surface area contributed by atoms with Crippen molar-refractivity contribution in [3.63, 3.8) is 0 Å². The maximum atomic E-state index is 12.1. The van der Waals surface area contributed by atoms with Gasteiger partial charge >= 0.3 is 0 Å². The molecular weight excluding hydrogens is 369 g/mol. The van der Waals surface area contributed by atoms with Crippen LogP contribution in [-0.4, -0.2) is 31.2 Å². The van der Waals surface area contributed by atoms with Gasteiger partial charge in [0.2, 0.25) is 5.91 Å². The summed E-state index contributed by atoms with van der Waals surface area (Å²) in [5.41, 5.74) is 2.31. The maximum absolute atomic E-state index is 12.1. The van der Waals surface area contributed by atoms with E-state index in [4.69, 9.17) is 23.2 Å². The lowest BCUT2D eigenvalue weighted by atomic mass is 10.3. The molecule has 9 heteroatoms. The van der Waals surface area contributed by atoms with Crippen molar-refractivity contribution in [2.45, 2.75) is 19.0 Å². The molecule has 0 unspecified atom stereocenters. The molecule has 0 saturated heterocycles. The van der Waals surface area contributed by atoms with E-state index in [-0.39, 0.29) is 11.7 Å². The molecule has 0 saturated carbocycles. The molecule has 24 heavy (non-hydrogen) atoms. The molecule has 0 aliphatic carbocycles. The molecule has 2 aromatic heterocycles. The molecule has 0 spiro atoms. The summed E-state index contributed by atoms with van der Waals surface area (Å²) >= 11 is 13.2. The minimum atomic E-state index is -0.210. The number of rotatable bonds is 4. The van der Waals surface area contributed by atoms with Crippen molar-refractivity contribution in [3.05, 3.63) is 45.7 Å². The Kier molecular flexibility index (Phi) is 4.93. The van der Waals surface area contributed by atoms with Gasteiger partial charge in [-0.2, -0.15) is 0 Å². The van der Waals surface area contributed by atoms with Gasteiger partial charge in [0.25, 0.3) is 5.78 Å². The van der Waals surface area contributed by atoms with Gasteiger partial charge in [-0.3, -0.25) is 9.20 Å². The Bertz CT molecular complexity index is 928. The van der Waals surface area contributed by atoms with Crippen LogP contribution in [-0.2, 0) is 4.79 Å². The molecule has 3 rings (SSSR count). The predicted octanol–water partition coefficient (Wildman–Crippen LogP) is 3.78. The third-order valence-electron chi connectivity index (χ3n) is 3.20. The molecular formula is C15H13Cl2N5OS. The summed E-state index contributed by atoms with van der Waals surface area (Å²) < 4.78 is 1.82. The predicted molar refractivity (Wildman–Crippen MR) is 96.1 cm³/mol. The number of anilines is 1. The molecule has 0 bridgehead atoms. The van der Waals surface area contributed by atoms with Crippen LogP contribution < -0.4 is 5.32 Å². The SMILES string of the molecule is Cc1cc(C)n2c(SCC(=O)Nc3cc(Cl)ccc3Cl)nnc2n1. The molecule has 0 fully saturated rings. The summed E-state index contributed by atoms with van der Waals surface area (Å²) in [6, 6.07) is 6.84. The number of halogens is 2. The summed E-state index contributed by atoms with van der Waals surface area (Å²) in [5, 5.41) is 12.4. The van der Waals surface area contributed by atoms with Crippen molar-refractivity contribution in [3.8, 4) is 0 Å². The number of aromatic nitrogens is 4.